The van der Waals surface area contributed by atoms with E-state index >= 15 is 0 Å². The third-order valence-electron chi connectivity index (χ3n) is 2.17. The van der Waals surface area contributed by atoms with Crippen molar-refractivity contribution in [2.45, 2.75) is 110 Å². The van der Waals surface area contributed by atoms with Gasteiger partial charge in [-0.1, -0.05) is 96.9 Å². The Morgan fingerprint density at radius 3 is 0.870 bits per heavy atom. The van der Waals surface area contributed by atoms with Crippen LogP contribution >= 0.6 is 0 Å². The lowest BCUT2D eigenvalue weighted by molar-refractivity contribution is 0.408. The van der Waals surface area contributed by atoms with Gasteiger partial charge in [-0.15, -0.1) is 0 Å². The van der Waals surface area contributed by atoms with Gasteiger partial charge < -0.3 is 10.2 Å². The quantitative estimate of drug-likeness (QED) is 0.532. The van der Waals surface area contributed by atoms with E-state index in [-0.39, 0.29) is 29.7 Å². The predicted octanol–water partition coefficient (Wildman–Crippen LogP) is 7.73. The minimum Gasteiger partial charge on any atom is -0.320 e. The molecule has 0 atom stereocenters. The lowest BCUT2D eigenvalue weighted by Gasteiger charge is -2.03. The van der Waals surface area contributed by atoms with Crippen molar-refractivity contribution < 1.29 is 0 Å². The Bertz CT molecular complexity index is 83.8. The molecule has 1 N–H and O–H groups in total. The van der Waals surface area contributed by atoms with Gasteiger partial charge in [0.15, 0.2) is 0 Å². The molecular weight excluding hydrogens is 280 g/mol. The molecule has 0 aliphatic rings. The van der Waals surface area contributed by atoms with Gasteiger partial charge in [-0.25, -0.2) is 0 Å². The van der Waals surface area contributed by atoms with Gasteiger partial charge in [0, 0.05) is 0 Å². The van der Waals surface area contributed by atoms with Gasteiger partial charge in [0.1, 0.15) is 0 Å². The van der Waals surface area contributed by atoms with Gasteiger partial charge in [-0.05, 0) is 47.1 Å². The second-order valence-corrected chi connectivity index (χ2v) is 4.91. The predicted molar refractivity (Wildman–Crippen MR) is 121 cm³/mol. The van der Waals surface area contributed by atoms with Crippen LogP contribution < -0.4 is 5.32 Å². The molecule has 2 nitrogen and oxygen atoms in total. The summed E-state index contributed by atoms with van der Waals surface area (Å²) in [6.45, 7) is 15.4. The van der Waals surface area contributed by atoms with Crippen LogP contribution in [0.1, 0.15) is 110 Å². The van der Waals surface area contributed by atoms with E-state index in [1.54, 1.807) is 0 Å². The Morgan fingerprint density at radius 1 is 0.565 bits per heavy atom. The zero-order valence-corrected chi connectivity index (χ0v) is 15.6. The molecule has 0 aromatic carbocycles. The van der Waals surface area contributed by atoms with E-state index in [0.717, 1.165) is 6.54 Å². The summed E-state index contributed by atoms with van der Waals surface area (Å²) < 4.78 is 0. The zero-order chi connectivity index (χ0) is 15.9. The van der Waals surface area contributed by atoms with E-state index in [2.05, 4.69) is 65.9 Å². The second-order valence-electron chi connectivity index (χ2n) is 4.91. The summed E-state index contributed by atoms with van der Waals surface area (Å²) in [6.07, 6.45) is 7.77. The van der Waals surface area contributed by atoms with Crippen molar-refractivity contribution in [2.75, 3.05) is 34.2 Å². The maximum absolute atomic E-state index is 3.02. The Kier molecular flexibility index (Phi) is 145. The second kappa shape index (κ2) is 67.5. The molecule has 2 heteroatoms. The molecule has 0 saturated carbocycles. The van der Waals surface area contributed by atoms with E-state index in [1.165, 1.54) is 45.1 Å². The van der Waals surface area contributed by atoms with Crippen LogP contribution in [0, 0.1) is 0 Å². The summed E-state index contributed by atoms with van der Waals surface area (Å²) in [5, 5.41) is 3.02. The number of unbranched alkanes of at least 4 members (excludes halogenated alkanes) is 2. The highest BCUT2D eigenvalue weighted by molar-refractivity contribution is 4.34. The molecule has 0 bridgehead atoms. The molecule has 0 aromatic heterocycles. The Hall–Kier alpha value is -0.0800. The van der Waals surface area contributed by atoms with Gasteiger partial charge >= 0.3 is 0 Å². The van der Waals surface area contributed by atoms with E-state index in [0.29, 0.717) is 0 Å². The first-order valence-electron chi connectivity index (χ1n) is 8.31. The van der Waals surface area contributed by atoms with Crippen LogP contribution in [0.25, 0.3) is 0 Å². The first-order valence-corrected chi connectivity index (χ1v) is 8.31. The van der Waals surface area contributed by atoms with Crippen molar-refractivity contribution in [3.8, 4) is 0 Å². The number of hydrogen-bond donors (Lipinski definition) is 1. The maximum Gasteiger partial charge on any atom is -0.00275 e. The van der Waals surface area contributed by atoms with Gasteiger partial charge in [0.2, 0.25) is 0 Å². The highest BCUT2D eigenvalue weighted by Crippen LogP contribution is 1.77. The fourth-order valence-electron chi connectivity index (χ4n) is 0.697. The summed E-state index contributed by atoms with van der Waals surface area (Å²) in [6, 6.07) is 0. The van der Waals surface area contributed by atoms with E-state index in [9.17, 15) is 0 Å². The minimum absolute atomic E-state index is 0. The van der Waals surface area contributed by atoms with Crippen LogP contribution in [0.2, 0.25) is 0 Å². The van der Waals surface area contributed by atoms with E-state index < -0.39 is 0 Å². The molecule has 154 valence electrons. The SMILES string of the molecule is C.C.C.C.CCCC.CCCC.CCCN(C)C.CCCNC. The van der Waals surface area contributed by atoms with Gasteiger partial charge in [-0.2, -0.15) is 0 Å². The number of nitrogens with zero attached hydrogens (tertiary/aromatic N) is 1. The molecule has 0 unspecified atom stereocenters. The van der Waals surface area contributed by atoms with E-state index in [4.69, 9.17) is 0 Å². The van der Waals surface area contributed by atoms with Gasteiger partial charge in [-0.3, -0.25) is 0 Å². The average Bonchev–Trinajstić information content (AvgIpc) is 2.41. The standard InChI is InChI=1S/C5H13N.C4H11N.2C4H10.4CH4/c1-4-5-6(2)3;1-3-4-5-2;2*1-3-4-2;;;;/h4-5H2,1-3H3;5H,3-4H2,1-2H3;2*3-4H2,1-2H3;4*1H4. The van der Waals surface area contributed by atoms with Crippen molar-refractivity contribution in [3.05, 3.63) is 0 Å². The summed E-state index contributed by atoms with van der Waals surface area (Å²) in [4.78, 5) is 2.18. The monoisotopic (exact) mass is 340 g/mol. The fraction of sp³-hybridized carbons (Fsp3) is 1.00. The Morgan fingerprint density at radius 2 is 0.870 bits per heavy atom. The molecule has 0 rings (SSSR count). The smallest absolute Gasteiger partial charge is 0.00275 e. The van der Waals surface area contributed by atoms with Crippen molar-refractivity contribution in [1.82, 2.24) is 10.2 Å². The van der Waals surface area contributed by atoms with Crippen molar-refractivity contribution >= 4 is 0 Å². The van der Waals surface area contributed by atoms with Crippen LogP contribution in [0.5, 0.6) is 0 Å². The van der Waals surface area contributed by atoms with Crippen LogP contribution in [-0.2, 0) is 0 Å². The molecule has 0 radical (unpaired) electrons. The van der Waals surface area contributed by atoms with Crippen molar-refractivity contribution in [2.24, 2.45) is 0 Å². The summed E-state index contributed by atoms with van der Waals surface area (Å²) >= 11 is 0. The van der Waals surface area contributed by atoms with Gasteiger partial charge in [0.25, 0.3) is 0 Å². The highest BCUT2D eigenvalue weighted by atomic mass is 15.0. The largest absolute Gasteiger partial charge is 0.320 e. The molecule has 0 spiro atoms. The molecule has 0 saturated heterocycles. The average molecular weight is 341 g/mol. The van der Waals surface area contributed by atoms with Crippen LogP contribution in [-0.4, -0.2) is 39.1 Å². The molecule has 0 heterocycles. The Balaban J connectivity index is -0.0000000208. The molecule has 0 aliphatic carbocycles. The first kappa shape index (κ1) is 49.5. The summed E-state index contributed by atoms with van der Waals surface area (Å²) in [5.74, 6) is 0. The molecule has 0 fully saturated rings. The third kappa shape index (κ3) is 182. The maximum atomic E-state index is 3.02. The van der Waals surface area contributed by atoms with Gasteiger partial charge in [0.05, 0.1) is 0 Å². The zero-order valence-electron chi connectivity index (χ0n) is 15.6. The lowest BCUT2D eigenvalue weighted by Crippen LogP contribution is -2.11. The molecule has 0 amide bonds. The minimum atomic E-state index is 0. The van der Waals surface area contributed by atoms with E-state index in [1.807, 2.05) is 7.05 Å². The van der Waals surface area contributed by atoms with Crippen LogP contribution in [0.4, 0.5) is 0 Å². The highest BCUT2D eigenvalue weighted by Gasteiger charge is 1.79. The third-order valence-corrected chi connectivity index (χ3v) is 2.17. The summed E-state index contributed by atoms with van der Waals surface area (Å²) in [5.41, 5.74) is 0. The molecule has 0 aliphatic heterocycles. The van der Waals surface area contributed by atoms with Crippen molar-refractivity contribution in [1.29, 1.82) is 0 Å². The molecule has 23 heavy (non-hydrogen) atoms. The Labute approximate surface area is 154 Å². The molecule has 0 aromatic rings. The van der Waals surface area contributed by atoms with Crippen LogP contribution in [0.15, 0.2) is 0 Å². The number of nitrogens with one attached hydrogen (secondary N) is 1. The van der Waals surface area contributed by atoms with Crippen LogP contribution in [0.3, 0.4) is 0 Å². The lowest BCUT2D eigenvalue weighted by atomic mass is 10.4. The first-order chi connectivity index (χ1) is 9.01. The topological polar surface area (TPSA) is 15.3 Å². The normalized spacial score (nSPS) is 7.04. The fourth-order valence-corrected chi connectivity index (χ4v) is 0.697. The number of rotatable bonds is 6. The summed E-state index contributed by atoms with van der Waals surface area (Å²) in [7, 11) is 6.14. The van der Waals surface area contributed by atoms with Crippen molar-refractivity contribution in [3.63, 3.8) is 0 Å². The molecular formula is C21H60N2. The number of hydrogen-bond acceptors (Lipinski definition) is 2.